The van der Waals surface area contributed by atoms with Gasteiger partial charge in [-0.05, 0) is 6.42 Å². The molecule has 0 fully saturated rings. The van der Waals surface area contributed by atoms with Gasteiger partial charge in [0.1, 0.15) is 0 Å². The van der Waals surface area contributed by atoms with Gasteiger partial charge in [-0.1, -0.05) is 56.5 Å². The highest BCUT2D eigenvalue weighted by Gasteiger charge is 2.13. The van der Waals surface area contributed by atoms with Crippen molar-refractivity contribution in [2.45, 2.75) is 45.1 Å². The van der Waals surface area contributed by atoms with Gasteiger partial charge in [0.15, 0.2) is 5.78 Å². The van der Waals surface area contributed by atoms with Gasteiger partial charge in [0.2, 0.25) is 0 Å². The molecule has 94 valence electrons. The Morgan fingerprint density at radius 2 is 1.94 bits per heavy atom. The molecule has 2 nitrogen and oxygen atoms in total. The van der Waals surface area contributed by atoms with E-state index in [1.165, 1.54) is 12.8 Å². The molecule has 17 heavy (non-hydrogen) atoms. The SMILES string of the molecule is CCCCCC(CC(=O)c1ccccc1)OC. The molecule has 0 aliphatic carbocycles. The number of methoxy groups -OCH3 is 1. The molecule has 0 saturated heterocycles. The van der Waals surface area contributed by atoms with E-state index in [0.717, 1.165) is 18.4 Å². The summed E-state index contributed by atoms with van der Waals surface area (Å²) in [6.07, 6.45) is 5.07. The van der Waals surface area contributed by atoms with Crippen LogP contribution in [-0.4, -0.2) is 19.0 Å². The molecule has 0 spiro atoms. The van der Waals surface area contributed by atoms with Crippen LogP contribution in [0.3, 0.4) is 0 Å². The summed E-state index contributed by atoms with van der Waals surface area (Å²) >= 11 is 0. The van der Waals surface area contributed by atoms with Crippen LogP contribution in [0.1, 0.15) is 49.4 Å². The van der Waals surface area contributed by atoms with E-state index in [4.69, 9.17) is 4.74 Å². The van der Waals surface area contributed by atoms with Crippen LogP contribution in [0.5, 0.6) is 0 Å². The fourth-order valence-electron chi connectivity index (χ4n) is 1.87. The normalized spacial score (nSPS) is 12.4. The van der Waals surface area contributed by atoms with E-state index >= 15 is 0 Å². The van der Waals surface area contributed by atoms with E-state index in [1.807, 2.05) is 30.3 Å². The second kappa shape index (κ2) is 8.02. The zero-order chi connectivity index (χ0) is 12.5. The number of unbranched alkanes of at least 4 members (excludes halogenated alkanes) is 2. The van der Waals surface area contributed by atoms with Gasteiger partial charge in [-0.25, -0.2) is 0 Å². The molecule has 1 aromatic carbocycles. The molecule has 0 amide bonds. The molecule has 0 saturated carbocycles. The molecular weight excluding hydrogens is 212 g/mol. The van der Waals surface area contributed by atoms with E-state index in [-0.39, 0.29) is 11.9 Å². The lowest BCUT2D eigenvalue weighted by molar-refractivity contribution is 0.0687. The second-order valence-electron chi connectivity index (χ2n) is 4.35. The number of carbonyl (C=O) groups excluding carboxylic acids is 1. The zero-order valence-electron chi connectivity index (χ0n) is 10.8. The highest BCUT2D eigenvalue weighted by molar-refractivity contribution is 5.96. The van der Waals surface area contributed by atoms with Crippen molar-refractivity contribution in [2.75, 3.05) is 7.11 Å². The maximum Gasteiger partial charge on any atom is 0.165 e. The van der Waals surface area contributed by atoms with Crippen molar-refractivity contribution < 1.29 is 9.53 Å². The Kier molecular flexibility index (Phi) is 6.56. The lowest BCUT2D eigenvalue weighted by Gasteiger charge is -2.14. The summed E-state index contributed by atoms with van der Waals surface area (Å²) in [7, 11) is 1.69. The molecule has 1 rings (SSSR count). The Morgan fingerprint density at radius 3 is 2.53 bits per heavy atom. The minimum atomic E-state index is 0.0641. The predicted octanol–water partition coefficient (Wildman–Crippen LogP) is 3.85. The molecule has 0 heterocycles. The quantitative estimate of drug-likeness (QED) is 0.504. The third-order valence-electron chi connectivity index (χ3n) is 2.97. The van der Waals surface area contributed by atoms with Gasteiger partial charge in [-0.2, -0.15) is 0 Å². The maximum absolute atomic E-state index is 12.0. The van der Waals surface area contributed by atoms with Gasteiger partial charge < -0.3 is 4.74 Å². The van der Waals surface area contributed by atoms with Gasteiger partial charge in [0, 0.05) is 19.1 Å². The smallest absolute Gasteiger partial charge is 0.165 e. The molecule has 0 bridgehead atoms. The van der Waals surface area contributed by atoms with Gasteiger partial charge in [-0.15, -0.1) is 0 Å². The minimum absolute atomic E-state index is 0.0641. The topological polar surface area (TPSA) is 26.3 Å². The molecule has 0 radical (unpaired) electrons. The van der Waals surface area contributed by atoms with Crippen LogP contribution in [0, 0.1) is 0 Å². The summed E-state index contributed by atoms with van der Waals surface area (Å²) in [4.78, 5) is 12.0. The van der Waals surface area contributed by atoms with Crippen LogP contribution in [-0.2, 0) is 4.74 Å². The number of ether oxygens (including phenoxy) is 1. The molecule has 0 N–H and O–H groups in total. The van der Waals surface area contributed by atoms with Gasteiger partial charge in [0.25, 0.3) is 0 Å². The first-order chi connectivity index (χ1) is 8.27. The largest absolute Gasteiger partial charge is 0.381 e. The summed E-state index contributed by atoms with van der Waals surface area (Å²) < 4.78 is 5.37. The third kappa shape index (κ3) is 5.14. The standard InChI is InChI=1S/C15H22O2/c1-3-4-6-11-14(17-2)12-15(16)13-9-7-5-8-10-13/h5,7-10,14H,3-4,6,11-12H2,1-2H3. The van der Waals surface area contributed by atoms with Crippen LogP contribution in [0.25, 0.3) is 0 Å². The average molecular weight is 234 g/mol. The summed E-state index contributed by atoms with van der Waals surface area (Å²) in [6, 6.07) is 9.44. The summed E-state index contributed by atoms with van der Waals surface area (Å²) in [5, 5.41) is 0. The Morgan fingerprint density at radius 1 is 1.24 bits per heavy atom. The van der Waals surface area contributed by atoms with E-state index in [0.29, 0.717) is 6.42 Å². The number of carbonyl (C=O) groups is 1. The highest BCUT2D eigenvalue weighted by atomic mass is 16.5. The van der Waals surface area contributed by atoms with Crippen LogP contribution in [0.4, 0.5) is 0 Å². The summed E-state index contributed by atoms with van der Waals surface area (Å²) in [5.41, 5.74) is 0.782. The monoisotopic (exact) mass is 234 g/mol. The second-order valence-corrected chi connectivity index (χ2v) is 4.35. The number of benzene rings is 1. The van der Waals surface area contributed by atoms with E-state index in [2.05, 4.69) is 6.92 Å². The zero-order valence-corrected chi connectivity index (χ0v) is 10.8. The van der Waals surface area contributed by atoms with Crippen molar-refractivity contribution in [2.24, 2.45) is 0 Å². The lowest BCUT2D eigenvalue weighted by atomic mass is 10.0. The van der Waals surface area contributed by atoms with Crippen molar-refractivity contribution in [1.29, 1.82) is 0 Å². The number of ketones is 1. The summed E-state index contributed by atoms with van der Waals surface area (Å²) in [6.45, 7) is 2.18. The Bertz CT molecular complexity index is 319. The number of hydrogen-bond donors (Lipinski definition) is 0. The fourth-order valence-corrected chi connectivity index (χ4v) is 1.87. The van der Waals surface area contributed by atoms with Gasteiger partial charge in [-0.3, -0.25) is 4.79 Å². The van der Waals surface area contributed by atoms with Crippen LogP contribution >= 0.6 is 0 Å². The van der Waals surface area contributed by atoms with Crippen LogP contribution in [0.15, 0.2) is 30.3 Å². The first-order valence-corrected chi connectivity index (χ1v) is 6.39. The maximum atomic E-state index is 12.0. The molecule has 0 aromatic heterocycles. The molecule has 0 aliphatic heterocycles. The fraction of sp³-hybridized carbons (Fsp3) is 0.533. The molecule has 1 unspecified atom stereocenters. The first kappa shape index (κ1) is 13.9. The molecule has 0 aliphatic rings. The molecule has 1 atom stereocenters. The third-order valence-corrected chi connectivity index (χ3v) is 2.97. The van der Waals surface area contributed by atoms with Crippen molar-refractivity contribution in [3.63, 3.8) is 0 Å². The predicted molar refractivity (Wildman–Crippen MR) is 70.3 cm³/mol. The lowest BCUT2D eigenvalue weighted by Crippen LogP contribution is -2.16. The number of rotatable bonds is 8. The number of Topliss-reactive ketones (excluding diaryl/α,β-unsaturated/α-hetero) is 1. The first-order valence-electron chi connectivity index (χ1n) is 6.39. The van der Waals surface area contributed by atoms with E-state index in [9.17, 15) is 4.79 Å². The Balaban J connectivity index is 2.42. The summed E-state index contributed by atoms with van der Waals surface area (Å²) in [5.74, 6) is 0.175. The molecular formula is C15H22O2. The van der Waals surface area contributed by atoms with E-state index < -0.39 is 0 Å². The highest BCUT2D eigenvalue weighted by Crippen LogP contribution is 2.13. The van der Waals surface area contributed by atoms with Crippen molar-refractivity contribution >= 4 is 5.78 Å². The van der Waals surface area contributed by atoms with Crippen molar-refractivity contribution in [3.05, 3.63) is 35.9 Å². The minimum Gasteiger partial charge on any atom is -0.381 e. The molecule has 1 aromatic rings. The van der Waals surface area contributed by atoms with Crippen LogP contribution in [0.2, 0.25) is 0 Å². The Labute approximate surface area is 104 Å². The Hall–Kier alpha value is -1.15. The van der Waals surface area contributed by atoms with Crippen LogP contribution < -0.4 is 0 Å². The van der Waals surface area contributed by atoms with Gasteiger partial charge in [0.05, 0.1) is 6.10 Å². The average Bonchev–Trinajstić information content (AvgIpc) is 2.38. The van der Waals surface area contributed by atoms with Gasteiger partial charge >= 0.3 is 0 Å². The van der Waals surface area contributed by atoms with E-state index in [1.54, 1.807) is 7.11 Å². The van der Waals surface area contributed by atoms with Crippen molar-refractivity contribution in [3.8, 4) is 0 Å². The number of hydrogen-bond acceptors (Lipinski definition) is 2. The van der Waals surface area contributed by atoms with Crippen molar-refractivity contribution in [1.82, 2.24) is 0 Å². The molecule has 2 heteroatoms.